The lowest BCUT2D eigenvalue weighted by Gasteiger charge is -2.40. The van der Waals surface area contributed by atoms with Crippen LogP contribution in [0.25, 0.3) is 0 Å². The molecule has 154 valence electrons. The summed E-state index contributed by atoms with van der Waals surface area (Å²) in [5.41, 5.74) is 0.413. The summed E-state index contributed by atoms with van der Waals surface area (Å²) in [5.74, 6) is -0.549. The Labute approximate surface area is 166 Å². The molecule has 2 rings (SSSR count). The van der Waals surface area contributed by atoms with Crippen molar-refractivity contribution in [2.24, 2.45) is 0 Å². The Hall–Kier alpha value is -2.57. The van der Waals surface area contributed by atoms with Gasteiger partial charge in [0.2, 0.25) is 0 Å². The van der Waals surface area contributed by atoms with Crippen LogP contribution < -0.4 is 10.1 Å². The van der Waals surface area contributed by atoms with E-state index in [1.807, 2.05) is 20.8 Å². The summed E-state index contributed by atoms with van der Waals surface area (Å²) in [7, 11) is 0. The zero-order valence-electron chi connectivity index (χ0n) is 17.1. The second-order valence-corrected chi connectivity index (χ2v) is 7.15. The lowest BCUT2D eigenvalue weighted by molar-refractivity contribution is -0.161. The molecule has 1 aromatic carbocycles. The summed E-state index contributed by atoms with van der Waals surface area (Å²) >= 11 is 0. The van der Waals surface area contributed by atoms with E-state index in [1.165, 1.54) is 0 Å². The number of benzene rings is 1. The van der Waals surface area contributed by atoms with E-state index in [2.05, 4.69) is 5.32 Å². The third-order valence-electron chi connectivity index (χ3n) is 4.92. The van der Waals surface area contributed by atoms with E-state index in [1.54, 1.807) is 36.1 Å². The number of rotatable bonds is 7. The van der Waals surface area contributed by atoms with E-state index in [4.69, 9.17) is 9.47 Å². The van der Waals surface area contributed by atoms with Crippen molar-refractivity contribution < 1.29 is 23.9 Å². The highest BCUT2D eigenvalue weighted by Gasteiger charge is 2.33. The SMILES string of the molecule is CCOc1ccc(C(=O)NCC(=O)O[C@@H](C)C(=O)N2[C@@H](C)CCC[C@@H]2C)cc1. The molecule has 2 amide bonds. The van der Waals surface area contributed by atoms with E-state index in [0.717, 1.165) is 19.3 Å². The molecule has 0 aromatic heterocycles. The van der Waals surface area contributed by atoms with Gasteiger partial charge in [-0.1, -0.05) is 0 Å². The standard InChI is InChI=1S/C21H30N2O5/c1-5-27-18-11-9-17(10-12-18)20(25)22-13-19(24)28-16(4)21(26)23-14(2)7-6-8-15(23)3/h9-12,14-16H,5-8,13H2,1-4H3,(H,22,25)/t14-,15-,16-/m0/s1. The number of carbonyl (C=O) groups excluding carboxylic acids is 3. The largest absolute Gasteiger partial charge is 0.494 e. The number of likely N-dealkylation sites (tertiary alicyclic amines) is 1. The molecule has 0 aliphatic carbocycles. The fourth-order valence-electron chi connectivity index (χ4n) is 3.48. The smallest absolute Gasteiger partial charge is 0.326 e. The summed E-state index contributed by atoms with van der Waals surface area (Å²) in [4.78, 5) is 38.6. The van der Waals surface area contributed by atoms with Gasteiger partial charge in [-0.2, -0.15) is 0 Å². The highest BCUT2D eigenvalue weighted by atomic mass is 16.5. The van der Waals surface area contributed by atoms with Crippen molar-refractivity contribution in [2.75, 3.05) is 13.2 Å². The van der Waals surface area contributed by atoms with E-state index in [0.29, 0.717) is 17.9 Å². The molecule has 3 atom stereocenters. The molecule has 28 heavy (non-hydrogen) atoms. The predicted octanol–water partition coefficient (Wildman–Crippen LogP) is 2.54. The Morgan fingerprint density at radius 3 is 2.32 bits per heavy atom. The second kappa shape index (κ2) is 10.1. The maximum absolute atomic E-state index is 12.6. The van der Waals surface area contributed by atoms with Gasteiger partial charge in [0.1, 0.15) is 12.3 Å². The molecule has 1 aromatic rings. The molecule has 7 heteroatoms. The quantitative estimate of drug-likeness (QED) is 0.723. The Balaban J connectivity index is 1.82. The van der Waals surface area contributed by atoms with E-state index in [9.17, 15) is 14.4 Å². The summed E-state index contributed by atoms with van der Waals surface area (Å²) < 4.78 is 10.6. The van der Waals surface area contributed by atoms with E-state index in [-0.39, 0.29) is 24.5 Å². The maximum Gasteiger partial charge on any atom is 0.326 e. The van der Waals surface area contributed by atoms with Crippen LogP contribution >= 0.6 is 0 Å². The zero-order valence-corrected chi connectivity index (χ0v) is 17.1. The Morgan fingerprint density at radius 2 is 1.75 bits per heavy atom. The Bertz CT molecular complexity index is 679. The van der Waals surface area contributed by atoms with Crippen LogP contribution in [0.3, 0.4) is 0 Å². The first-order valence-corrected chi connectivity index (χ1v) is 9.86. The molecule has 1 N–H and O–H groups in total. The third-order valence-corrected chi connectivity index (χ3v) is 4.92. The number of carbonyl (C=O) groups is 3. The number of piperidine rings is 1. The van der Waals surface area contributed by atoms with Crippen LogP contribution in [0.5, 0.6) is 5.75 Å². The van der Waals surface area contributed by atoms with E-state index < -0.39 is 18.0 Å². The molecule has 0 spiro atoms. The molecule has 0 unspecified atom stereocenters. The van der Waals surface area contributed by atoms with Gasteiger partial charge in [0.25, 0.3) is 11.8 Å². The number of ether oxygens (including phenoxy) is 2. The average molecular weight is 390 g/mol. The van der Waals surface area contributed by atoms with Crippen molar-refractivity contribution in [3.8, 4) is 5.75 Å². The summed E-state index contributed by atoms with van der Waals surface area (Å²) in [5, 5.41) is 2.51. The molecule has 1 aliphatic rings. The lowest BCUT2D eigenvalue weighted by Crippen LogP contribution is -2.51. The second-order valence-electron chi connectivity index (χ2n) is 7.15. The first-order chi connectivity index (χ1) is 13.3. The maximum atomic E-state index is 12.6. The molecular formula is C21H30N2O5. The zero-order chi connectivity index (χ0) is 20.7. The highest BCUT2D eigenvalue weighted by molar-refractivity contribution is 5.96. The van der Waals surface area contributed by atoms with Crippen LogP contribution in [0.4, 0.5) is 0 Å². The minimum Gasteiger partial charge on any atom is -0.494 e. The number of hydrogen-bond acceptors (Lipinski definition) is 5. The van der Waals surface area contributed by atoms with Crippen molar-refractivity contribution >= 4 is 17.8 Å². The van der Waals surface area contributed by atoms with Crippen molar-refractivity contribution in [3.05, 3.63) is 29.8 Å². The summed E-state index contributed by atoms with van der Waals surface area (Å²) in [6.07, 6.45) is 2.12. The van der Waals surface area contributed by atoms with Crippen LogP contribution in [0, 0.1) is 0 Å². The van der Waals surface area contributed by atoms with Gasteiger partial charge in [0.05, 0.1) is 6.61 Å². The molecule has 7 nitrogen and oxygen atoms in total. The van der Waals surface area contributed by atoms with Gasteiger partial charge in [0.15, 0.2) is 6.10 Å². The fourth-order valence-corrected chi connectivity index (χ4v) is 3.48. The first-order valence-electron chi connectivity index (χ1n) is 9.86. The van der Waals surface area contributed by atoms with Crippen LogP contribution in [0.1, 0.15) is 57.3 Å². The third kappa shape index (κ3) is 5.71. The van der Waals surface area contributed by atoms with Gasteiger partial charge in [0, 0.05) is 17.6 Å². The number of esters is 1. The molecule has 0 bridgehead atoms. The van der Waals surface area contributed by atoms with Crippen molar-refractivity contribution in [1.82, 2.24) is 10.2 Å². The number of amides is 2. The minimum atomic E-state index is -0.877. The fraction of sp³-hybridized carbons (Fsp3) is 0.571. The number of nitrogens with one attached hydrogen (secondary N) is 1. The number of hydrogen-bond donors (Lipinski definition) is 1. The topological polar surface area (TPSA) is 84.9 Å². The number of nitrogens with zero attached hydrogens (tertiary/aromatic N) is 1. The van der Waals surface area contributed by atoms with Crippen LogP contribution in [0.15, 0.2) is 24.3 Å². The molecule has 1 fully saturated rings. The average Bonchev–Trinajstić information content (AvgIpc) is 2.66. The molecular weight excluding hydrogens is 360 g/mol. The Kier molecular flexibility index (Phi) is 7.84. The van der Waals surface area contributed by atoms with Crippen LogP contribution in [0.2, 0.25) is 0 Å². The van der Waals surface area contributed by atoms with Crippen molar-refractivity contribution in [1.29, 1.82) is 0 Å². The van der Waals surface area contributed by atoms with Gasteiger partial charge in [-0.15, -0.1) is 0 Å². The molecule has 1 saturated heterocycles. The van der Waals surface area contributed by atoms with Gasteiger partial charge < -0.3 is 19.7 Å². The minimum absolute atomic E-state index is 0.136. The van der Waals surface area contributed by atoms with E-state index >= 15 is 0 Å². The first kappa shape index (κ1) is 21.7. The monoisotopic (exact) mass is 390 g/mol. The molecule has 1 heterocycles. The van der Waals surface area contributed by atoms with Gasteiger partial charge in [-0.25, -0.2) is 0 Å². The lowest BCUT2D eigenvalue weighted by atomic mass is 9.97. The summed E-state index contributed by atoms with van der Waals surface area (Å²) in [6.45, 7) is 7.73. The normalized spacial score (nSPS) is 20.2. The molecule has 0 saturated carbocycles. The van der Waals surface area contributed by atoms with Crippen molar-refractivity contribution in [3.63, 3.8) is 0 Å². The van der Waals surface area contributed by atoms with Gasteiger partial charge in [-0.05, 0) is 71.2 Å². The predicted molar refractivity (Wildman–Crippen MR) is 105 cm³/mol. The van der Waals surface area contributed by atoms with Crippen LogP contribution in [-0.4, -0.2) is 54.0 Å². The molecule has 0 radical (unpaired) electrons. The Morgan fingerprint density at radius 1 is 1.14 bits per heavy atom. The van der Waals surface area contributed by atoms with Crippen LogP contribution in [-0.2, 0) is 14.3 Å². The van der Waals surface area contributed by atoms with Gasteiger partial charge in [-0.3, -0.25) is 14.4 Å². The highest BCUT2D eigenvalue weighted by Crippen LogP contribution is 2.23. The summed E-state index contributed by atoms with van der Waals surface area (Å²) in [6, 6.07) is 6.90. The van der Waals surface area contributed by atoms with Crippen molar-refractivity contribution in [2.45, 2.75) is 65.1 Å². The molecule has 1 aliphatic heterocycles. The van der Waals surface area contributed by atoms with Gasteiger partial charge >= 0.3 is 5.97 Å².